The van der Waals surface area contributed by atoms with Gasteiger partial charge in [0.1, 0.15) is 0 Å². The highest BCUT2D eigenvalue weighted by molar-refractivity contribution is 9.11. The van der Waals surface area contributed by atoms with E-state index in [0.29, 0.717) is 6.42 Å². The Morgan fingerprint density at radius 1 is 0.416 bits per heavy atom. The van der Waals surface area contributed by atoms with Crippen LogP contribution in [0.5, 0.6) is 0 Å². The van der Waals surface area contributed by atoms with Crippen molar-refractivity contribution >= 4 is 134 Å². The first-order chi connectivity index (χ1) is 37.7. The third-order valence-electron chi connectivity index (χ3n) is 12.7. The van der Waals surface area contributed by atoms with Crippen LogP contribution >= 0.6 is 79.6 Å². The number of halogens is 5. The summed E-state index contributed by atoms with van der Waals surface area (Å²) in [5, 5.41) is 31.1. The number of aryl methyl sites for hydroxylation is 2. The van der Waals surface area contributed by atoms with Gasteiger partial charge in [0.2, 0.25) is 0 Å². The van der Waals surface area contributed by atoms with Gasteiger partial charge in [0.15, 0.2) is 0 Å². The van der Waals surface area contributed by atoms with Gasteiger partial charge >= 0.3 is 0 Å². The molecule has 0 radical (unpaired) electrons. The lowest BCUT2D eigenvalue weighted by Gasteiger charge is -2.09. The van der Waals surface area contributed by atoms with E-state index in [9.17, 15) is 0 Å². The minimum atomic E-state index is 0.249. The van der Waals surface area contributed by atoms with E-state index in [-0.39, 0.29) is 13.2 Å². The maximum absolute atomic E-state index is 8.82. The van der Waals surface area contributed by atoms with Gasteiger partial charge in [-0.25, -0.2) is 0 Å². The zero-order valence-corrected chi connectivity index (χ0v) is 51.3. The summed E-state index contributed by atoms with van der Waals surface area (Å²) in [5.74, 6) is 2.75. The number of hydrogen-bond acceptors (Lipinski definition) is 4. The highest BCUT2D eigenvalue weighted by atomic mass is 79.9. The van der Waals surface area contributed by atoms with Crippen LogP contribution in [0.4, 0.5) is 0 Å². The van der Waals surface area contributed by atoms with Crippen molar-refractivity contribution in [3.63, 3.8) is 0 Å². The number of methoxy groups -OCH3 is 2. The fraction of sp³-hybridized carbons (Fsp3) is 0.176. The maximum atomic E-state index is 8.82. The molecule has 394 valence electrons. The van der Waals surface area contributed by atoms with E-state index in [2.05, 4.69) is 237 Å². The molecule has 0 aliphatic carbocycles. The van der Waals surface area contributed by atoms with E-state index >= 15 is 0 Å². The molecular formula is C68H63Br5O4. The molecule has 0 aliphatic heterocycles. The number of allylic oxidation sites excluding steroid dienone is 2. The fourth-order valence-corrected chi connectivity index (χ4v) is 12.2. The number of alkyl halides is 1. The third-order valence-corrected chi connectivity index (χ3v) is 17.0. The lowest BCUT2D eigenvalue weighted by molar-refractivity contribution is 0.288. The number of rotatable bonds is 14. The van der Waals surface area contributed by atoms with Crippen LogP contribution < -0.4 is 0 Å². The van der Waals surface area contributed by atoms with Crippen molar-refractivity contribution < 1.29 is 19.7 Å². The Morgan fingerprint density at radius 2 is 0.727 bits per heavy atom. The minimum Gasteiger partial charge on any atom is -0.505 e. The monoisotopic (exact) mass is 1340 g/mol. The van der Waals surface area contributed by atoms with Crippen LogP contribution in [0.25, 0.3) is 53.9 Å². The largest absolute Gasteiger partial charge is 0.505 e. The van der Waals surface area contributed by atoms with Gasteiger partial charge in [0, 0.05) is 42.9 Å². The first-order valence-electron chi connectivity index (χ1n) is 25.4. The average molecular weight is 1340 g/mol. The van der Waals surface area contributed by atoms with Crippen LogP contribution in [0.3, 0.4) is 0 Å². The molecule has 0 aliphatic rings. The molecule has 0 aromatic heterocycles. The predicted octanol–water partition coefficient (Wildman–Crippen LogP) is 19.6. The number of benzene rings is 10. The van der Waals surface area contributed by atoms with Crippen LogP contribution in [0.15, 0.2) is 225 Å². The van der Waals surface area contributed by atoms with Crippen LogP contribution in [-0.4, -0.2) is 37.6 Å². The molecule has 77 heavy (non-hydrogen) atoms. The highest BCUT2D eigenvalue weighted by Crippen LogP contribution is 2.32. The van der Waals surface area contributed by atoms with Crippen molar-refractivity contribution in [2.75, 3.05) is 27.4 Å². The first kappa shape index (κ1) is 60.7. The topological polar surface area (TPSA) is 58.9 Å². The second-order valence-electron chi connectivity index (χ2n) is 17.8. The van der Waals surface area contributed by atoms with E-state index < -0.39 is 0 Å². The quantitative estimate of drug-likeness (QED) is 0.0647. The van der Waals surface area contributed by atoms with Crippen molar-refractivity contribution in [1.29, 1.82) is 0 Å². The molecule has 10 aromatic rings. The highest BCUT2D eigenvalue weighted by Gasteiger charge is 2.08. The van der Waals surface area contributed by atoms with Crippen LogP contribution in [0.2, 0.25) is 0 Å². The van der Waals surface area contributed by atoms with E-state index in [0.717, 1.165) is 52.8 Å². The van der Waals surface area contributed by atoms with E-state index in [1.54, 1.807) is 26.7 Å². The normalized spacial score (nSPS) is 10.8. The molecule has 2 N–H and O–H groups in total. The maximum Gasteiger partial charge on any atom is 0.0788 e. The molecule has 0 unspecified atom stereocenters. The predicted molar refractivity (Wildman–Crippen MR) is 346 cm³/mol. The molecule has 0 atom stereocenters. The smallest absolute Gasteiger partial charge is 0.0788 e. The second kappa shape index (κ2) is 33.0. The van der Waals surface area contributed by atoms with Gasteiger partial charge in [-0.2, -0.15) is 0 Å². The standard InChI is InChI=1S/C17H16O.C14H13BrO.2C13H13BrO.C11H8Br2/c1-3-7-16-15(9-6-13-18-2)12-11-14-8-4-5-10-17(14)16;1-16-10-4-6-12-9-8-11-5-2-3-7-13(11)14(12)15;2*14-13-11(5-3-9-15)8-7-10-4-1-2-6-12(10)13;12-7-9-6-5-8-3-1-2-4-10(8)11(9)13/h1,4-6,8,10-13H,7,9H2,2H3;2-5,7-10H,6H2,1H3;2*1-2,4,6-8,15H,3,5,9H2;1-6H,7H2. The molecule has 10 rings (SSSR count). The van der Waals surface area contributed by atoms with Gasteiger partial charge in [0.25, 0.3) is 0 Å². The minimum absolute atomic E-state index is 0.249. The van der Waals surface area contributed by atoms with Gasteiger partial charge < -0.3 is 19.7 Å². The Bertz CT molecular complexity index is 3490. The molecule has 0 amide bonds. The third kappa shape index (κ3) is 17.5. The SMILES string of the molecule is BrCc1ccc2ccccc2c1Br.C#CCc1c(CC=COC)ccc2ccccc12.COC=CCc1ccc2ccccc2c1Br.OCCCc1ccc2ccccc2c1Br.OCCCc1ccc2ccccc2c1Br. The molecule has 0 spiro atoms. The summed E-state index contributed by atoms with van der Waals surface area (Å²) in [5.41, 5.74) is 7.60. The summed E-state index contributed by atoms with van der Waals surface area (Å²) >= 11 is 18.0. The zero-order valence-electron chi connectivity index (χ0n) is 43.4. The molecule has 0 bridgehead atoms. The summed E-state index contributed by atoms with van der Waals surface area (Å²) in [7, 11) is 3.31. The van der Waals surface area contributed by atoms with Gasteiger partial charge in [-0.3, -0.25) is 0 Å². The summed E-state index contributed by atoms with van der Waals surface area (Å²) in [6, 6.07) is 63.1. The summed E-state index contributed by atoms with van der Waals surface area (Å²) in [4.78, 5) is 0. The van der Waals surface area contributed by atoms with Gasteiger partial charge in [-0.1, -0.05) is 198 Å². The average Bonchev–Trinajstić information content (AvgIpc) is 3.47. The molecule has 0 heterocycles. The number of fused-ring (bicyclic) bond motifs is 5. The number of terminal acetylenes is 1. The van der Waals surface area contributed by atoms with Crippen molar-refractivity contribution in [3.8, 4) is 12.3 Å². The number of aliphatic hydroxyl groups excluding tert-OH is 2. The van der Waals surface area contributed by atoms with E-state index in [1.807, 2.05) is 42.5 Å². The molecule has 10 aromatic carbocycles. The van der Waals surface area contributed by atoms with E-state index in [4.69, 9.17) is 26.1 Å². The van der Waals surface area contributed by atoms with E-state index in [1.165, 1.54) is 96.2 Å². The lowest BCUT2D eigenvalue weighted by Crippen LogP contribution is -1.94. The van der Waals surface area contributed by atoms with Crippen molar-refractivity contribution in [2.45, 2.75) is 50.3 Å². The molecule has 0 saturated heterocycles. The van der Waals surface area contributed by atoms with Crippen molar-refractivity contribution in [3.05, 3.63) is 258 Å². The Labute approximate surface area is 496 Å². The Kier molecular flexibility index (Phi) is 26.0. The Balaban J connectivity index is 0.000000156. The fourth-order valence-electron chi connectivity index (χ4n) is 8.73. The Hall–Kier alpha value is -5.54. The molecule has 4 nitrogen and oxygen atoms in total. The van der Waals surface area contributed by atoms with Crippen molar-refractivity contribution in [1.82, 2.24) is 0 Å². The number of hydrogen-bond donors (Lipinski definition) is 2. The molecule has 0 saturated carbocycles. The Morgan fingerprint density at radius 3 is 1.10 bits per heavy atom. The lowest BCUT2D eigenvalue weighted by atomic mass is 9.95. The van der Waals surface area contributed by atoms with Gasteiger partial charge in [-0.15, -0.1) is 12.3 Å². The summed E-state index contributed by atoms with van der Waals surface area (Å²) in [6.45, 7) is 0.499. The van der Waals surface area contributed by atoms with Crippen LogP contribution in [0.1, 0.15) is 46.2 Å². The summed E-state index contributed by atoms with van der Waals surface area (Å²) in [6.07, 6.45) is 18.8. The van der Waals surface area contributed by atoms with Crippen LogP contribution in [-0.2, 0) is 46.9 Å². The molecular weight excluding hydrogens is 1280 g/mol. The first-order valence-corrected chi connectivity index (χ1v) is 29.7. The second-order valence-corrected chi connectivity index (χ2v) is 21.5. The van der Waals surface area contributed by atoms with Gasteiger partial charge in [-0.05, 0) is 202 Å². The summed E-state index contributed by atoms with van der Waals surface area (Å²) < 4.78 is 14.5. The molecule has 0 fully saturated rings. The van der Waals surface area contributed by atoms with Gasteiger partial charge in [0.05, 0.1) is 26.7 Å². The zero-order chi connectivity index (χ0) is 54.8. The number of ether oxygens (including phenoxy) is 2. The van der Waals surface area contributed by atoms with Crippen LogP contribution in [0, 0.1) is 12.3 Å². The van der Waals surface area contributed by atoms with Crippen molar-refractivity contribution in [2.24, 2.45) is 0 Å². The molecule has 9 heteroatoms. The number of aliphatic hydroxyl groups is 2.